The van der Waals surface area contributed by atoms with E-state index in [-0.39, 0.29) is 0 Å². The summed E-state index contributed by atoms with van der Waals surface area (Å²) >= 11 is 5.25. The molecule has 0 saturated carbocycles. The highest BCUT2D eigenvalue weighted by Gasteiger charge is 2.02. The number of benzene rings is 1. The second kappa shape index (κ2) is 6.48. The number of rotatable bonds is 4. The minimum Gasteiger partial charge on any atom is -0.360 e. The third-order valence-corrected chi connectivity index (χ3v) is 2.60. The van der Waals surface area contributed by atoms with E-state index < -0.39 is 0 Å². The van der Waals surface area contributed by atoms with Gasteiger partial charge in [0.05, 0.1) is 0 Å². The molecule has 2 nitrogen and oxygen atoms in total. The molecule has 0 aliphatic heterocycles. The number of anilines is 1. The Labute approximate surface area is 103 Å². The van der Waals surface area contributed by atoms with Gasteiger partial charge in [-0.3, -0.25) is 0 Å². The van der Waals surface area contributed by atoms with E-state index in [1.807, 2.05) is 12.1 Å². The van der Waals surface area contributed by atoms with Gasteiger partial charge in [-0.2, -0.15) is 0 Å². The first-order valence-corrected chi connectivity index (χ1v) is 6.17. The zero-order valence-electron chi connectivity index (χ0n) is 10.2. The lowest BCUT2D eigenvalue weighted by molar-refractivity contribution is 0.599. The maximum Gasteiger partial charge on any atom is 0.170 e. The molecule has 1 unspecified atom stereocenters. The number of hydrogen-bond donors (Lipinski definition) is 2. The highest BCUT2D eigenvalue weighted by atomic mass is 32.1. The number of thiocarbonyl (C=S) groups is 1. The van der Waals surface area contributed by atoms with Crippen molar-refractivity contribution in [2.75, 3.05) is 5.32 Å². The molecule has 0 fully saturated rings. The summed E-state index contributed by atoms with van der Waals surface area (Å²) in [5.74, 6) is 0. The molecule has 0 amide bonds. The first kappa shape index (κ1) is 13.0. The average molecular weight is 236 g/mol. The van der Waals surface area contributed by atoms with Gasteiger partial charge in [-0.25, -0.2) is 0 Å². The monoisotopic (exact) mass is 236 g/mol. The molecule has 0 spiro atoms. The molecule has 88 valence electrons. The fraction of sp³-hybridized carbons (Fsp3) is 0.462. The molecule has 3 heteroatoms. The highest BCUT2D eigenvalue weighted by molar-refractivity contribution is 7.80. The Hall–Kier alpha value is -1.09. The van der Waals surface area contributed by atoms with Gasteiger partial charge in [0.25, 0.3) is 0 Å². The Morgan fingerprint density at radius 2 is 2.19 bits per heavy atom. The Bertz CT molecular complexity index is 350. The van der Waals surface area contributed by atoms with E-state index in [1.165, 1.54) is 12.0 Å². The Kier molecular flexibility index (Phi) is 5.26. The first-order chi connectivity index (χ1) is 7.61. The van der Waals surface area contributed by atoms with Crippen molar-refractivity contribution >= 4 is 23.0 Å². The number of aryl methyl sites for hydroxylation is 1. The zero-order chi connectivity index (χ0) is 12.0. The summed E-state index contributed by atoms with van der Waals surface area (Å²) in [6, 6.07) is 8.62. The van der Waals surface area contributed by atoms with E-state index in [2.05, 4.69) is 43.5 Å². The molecular formula is C13H20N2S. The Morgan fingerprint density at radius 1 is 1.44 bits per heavy atom. The van der Waals surface area contributed by atoms with E-state index in [0.29, 0.717) is 11.2 Å². The number of hydrogen-bond acceptors (Lipinski definition) is 1. The first-order valence-electron chi connectivity index (χ1n) is 5.76. The van der Waals surface area contributed by atoms with Crippen molar-refractivity contribution in [2.24, 2.45) is 0 Å². The largest absolute Gasteiger partial charge is 0.360 e. The molecule has 0 aliphatic rings. The van der Waals surface area contributed by atoms with Gasteiger partial charge in [-0.05, 0) is 50.2 Å². The maximum absolute atomic E-state index is 5.25. The summed E-state index contributed by atoms with van der Waals surface area (Å²) in [6.45, 7) is 6.39. The van der Waals surface area contributed by atoms with Crippen LogP contribution >= 0.6 is 12.2 Å². The van der Waals surface area contributed by atoms with Crippen molar-refractivity contribution in [3.05, 3.63) is 29.8 Å². The zero-order valence-corrected chi connectivity index (χ0v) is 11.0. The third-order valence-electron chi connectivity index (χ3n) is 2.38. The van der Waals surface area contributed by atoms with Crippen LogP contribution in [0.5, 0.6) is 0 Å². The van der Waals surface area contributed by atoms with Crippen LogP contribution in [-0.4, -0.2) is 11.2 Å². The van der Waals surface area contributed by atoms with Gasteiger partial charge < -0.3 is 10.6 Å². The van der Waals surface area contributed by atoms with Crippen molar-refractivity contribution < 1.29 is 0 Å². The van der Waals surface area contributed by atoms with Crippen LogP contribution in [-0.2, 0) is 0 Å². The molecule has 0 heterocycles. The molecule has 1 aromatic carbocycles. The summed E-state index contributed by atoms with van der Waals surface area (Å²) in [5.41, 5.74) is 2.27. The van der Waals surface area contributed by atoms with E-state index in [4.69, 9.17) is 12.2 Å². The van der Waals surface area contributed by atoms with Gasteiger partial charge in [0, 0.05) is 11.7 Å². The molecule has 1 aromatic rings. The smallest absolute Gasteiger partial charge is 0.170 e. The second-order valence-electron chi connectivity index (χ2n) is 4.16. The fourth-order valence-corrected chi connectivity index (χ4v) is 1.94. The van der Waals surface area contributed by atoms with Gasteiger partial charge in [-0.15, -0.1) is 0 Å². The van der Waals surface area contributed by atoms with Gasteiger partial charge in [0.1, 0.15) is 0 Å². The third kappa shape index (κ3) is 4.62. The fourth-order valence-electron chi connectivity index (χ4n) is 1.62. The Morgan fingerprint density at radius 3 is 2.81 bits per heavy atom. The molecular weight excluding hydrogens is 216 g/mol. The normalized spacial score (nSPS) is 11.9. The van der Waals surface area contributed by atoms with E-state index in [0.717, 1.165) is 12.1 Å². The molecule has 1 atom stereocenters. The van der Waals surface area contributed by atoms with Crippen LogP contribution in [0, 0.1) is 6.92 Å². The van der Waals surface area contributed by atoms with Gasteiger partial charge >= 0.3 is 0 Å². The van der Waals surface area contributed by atoms with E-state index >= 15 is 0 Å². The minimum absolute atomic E-state index is 0.426. The lowest BCUT2D eigenvalue weighted by atomic mass is 10.2. The van der Waals surface area contributed by atoms with Crippen LogP contribution in [0.1, 0.15) is 32.3 Å². The average Bonchev–Trinajstić information content (AvgIpc) is 2.17. The summed E-state index contributed by atoms with van der Waals surface area (Å²) < 4.78 is 0. The van der Waals surface area contributed by atoms with Crippen LogP contribution in [0.15, 0.2) is 24.3 Å². The summed E-state index contributed by atoms with van der Waals surface area (Å²) in [4.78, 5) is 0. The highest BCUT2D eigenvalue weighted by Crippen LogP contribution is 2.09. The Balaban J connectivity index is 2.45. The maximum atomic E-state index is 5.25. The van der Waals surface area contributed by atoms with Crippen molar-refractivity contribution in [3.63, 3.8) is 0 Å². The summed E-state index contributed by atoms with van der Waals surface area (Å²) in [5, 5.41) is 7.16. The number of nitrogens with one attached hydrogen (secondary N) is 2. The molecule has 0 bridgehead atoms. The predicted molar refractivity (Wildman–Crippen MR) is 74.9 cm³/mol. The van der Waals surface area contributed by atoms with Crippen molar-refractivity contribution in [1.29, 1.82) is 0 Å². The summed E-state index contributed by atoms with van der Waals surface area (Å²) in [7, 11) is 0. The van der Waals surface area contributed by atoms with Crippen LogP contribution in [0.25, 0.3) is 0 Å². The lowest BCUT2D eigenvalue weighted by Gasteiger charge is -2.16. The molecule has 2 N–H and O–H groups in total. The standard InChI is InChI=1S/C13H20N2S/c1-4-6-11(3)14-13(16)15-12-8-5-7-10(2)9-12/h5,7-9,11H,4,6H2,1-3H3,(H2,14,15,16). The van der Waals surface area contributed by atoms with Crippen molar-refractivity contribution in [3.8, 4) is 0 Å². The molecule has 0 aromatic heterocycles. The lowest BCUT2D eigenvalue weighted by Crippen LogP contribution is -2.35. The van der Waals surface area contributed by atoms with Crippen molar-refractivity contribution in [1.82, 2.24) is 5.32 Å². The summed E-state index contributed by atoms with van der Waals surface area (Å²) in [6.07, 6.45) is 2.30. The van der Waals surface area contributed by atoms with Crippen molar-refractivity contribution in [2.45, 2.75) is 39.7 Å². The van der Waals surface area contributed by atoms with E-state index in [9.17, 15) is 0 Å². The van der Waals surface area contributed by atoms with Crippen LogP contribution in [0.4, 0.5) is 5.69 Å². The van der Waals surface area contributed by atoms with Gasteiger partial charge in [-0.1, -0.05) is 25.5 Å². The predicted octanol–water partition coefficient (Wildman–Crippen LogP) is 3.47. The van der Waals surface area contributed by atoms with Crippen LogP contribution in [0.2, 0.25) is 0 Å². The van der Waals surface area contributed by atoms with E-state index in [1.54, 1.807) is 0 Å². The minimum atomic E-state index is 0.426. The second-order valence-corrected chi connectivity index (χ2v) is 4.57. The molecule has 0 radical (unpaired) electrons. The van der Waals surface area contributed by atoms with Gasteiger partial charge in [0.15, 0.2) is 5.11 Å². The van der Waals surface area contributed by atoms with Crippen LogP contribution in [0.3, 0.4) is 0 Å². The van der Waals surface area contributed by atoms with Gasteiger partial charge in [0.2, 0.25) is 0 Å². The molecule has 0 saturated heterocycles. The molecule has 16 heavy (non-hydrogen) atoms. The molecule has 0 aliphatic carbocycles. The SMILES string of the molecule is CCCC(C)NC(=S)Nc1cccc(C)c1. The topological polar surface area (TPSA) is 24.1 Å². The van der Waals surface area contributed by atoms with Crippen LogP contribution < -0.4 is 10.6 Å². The molecule has 1 rings (SSSR count). The quantitative estimate of drug-likeness (QED) is 0.783.